The first-order valence-electron chi connectivity index (χ1n) is 9.11. The number of aromatic amines is 1. The second kappa shape index (κ2) is 9.11. The summed E-state index contributed by atoms with van der Waals surface area (Å²) in [4.78, 5) is 4.25. The number of hydrogen-bond acceptors (Lipinski definition) is 6. The summed E-state index contributed by atoms with van der Waals surface area (Å²) >= 11 is 12.2. The molecule has 4 aromatic rings. The van der Waals surface area contributed by atoms with Crippen LogP contribution >= 0.6 is 23.2 Å². The van der Waals surface area contributed by atoms with Crippen molar-refractivity contribution in [2.45, 2.75) is 18.0 Å². The molecule has 0 aliphatic heterocycles. The maximum absolute atomic E-state index is 13.5. The Kier molecular flexibility index (Phi) is 6.28. The molecule has 0 fully saturated rings. The summed E-state index contributed by atoms with van der Waals surface area (Å²) in [6.45, 7) is 0.197. The minimum atomic E-state index is -3.93. The molecular weight excluding hydrogens is 459 g/mol. The highest BCUT2D eigenvalue weighted by Gasteiger charge is 2.27. The van der Waals surface area contributed by atoms with Crippen molar-refractivity contribution in [3.05, 3.63) is 88.2 Å². The van der Waals surface area contributed by atoms with E-state index in [-0.39, 0.29) is 23.0 Å². The minimum Gasteiger partial charge on any atom is -0.260 e. The lowest BCUT2D eigenvalue weighted by molar-refractivity contribution is 0.397. The minimum absolute atomic E-state index is 0.0150. The van der Waals surface area contributed by atoms with Crippen LogP contribution in [0.25, 0.3) is 11.4 Å². The number of halogens is 2. The van der Waals surface area contributed by atoms with Crippen LogP contribution in [0.15, 0.2) is 71.8 Å². The van der Waals surface area contributed by atoms with Gasteiger partial charge in [-0.25, -0.2) is 13.5 Å². The number of nitrogens with one attached hydrogen (secondary N) is 1. The van der Waals surface area contributed by atoms with Crippen molar-refractivity contribution < 1.29 is 8.42 Å². The predicted octanol–water partition coefficient (Wildman–Crippen LogP) is 3.96. The van der Waals surface area contributed by atoms with Gasteiger partial charge in [0, 0.05) is 23.3 Å². The average molecular weight is 475 g/mol. The van der Waals surface area contributed by atoms with Gasteiger partial charge in [-0.15, -0.1) is 5.10 Å². The quantitative estimate of drug-likeness (QED) is 0.434. The zero-order valence-electron chi connectivity index (χ0n) is 16.0. The number of rotatable bonds is 7. The van der Waals surface area contributed by atoms with Gasteiger partial charge in [0.1, 0.15) is 4.90 Å². The van der Waals surface area contributed by atoms with Gasteiger partial charge in [-0.1, -0.05) is 53.5 Å². The lowest BCUT2D eigenvalue weighted by atomic mass is 10.1. The molecule has 0 saturated carbocycles. The number of benzene rings is 2. The van der Waals surface area contributed by atoms with Gasteiger partial charge >= 0.3 is 0 Å². The fourth-order valence-corrected chi connectivity index (χ4v) is 5.12. The summed E-state index contributed by atoms with van der Waals surface area (Å²) in [5, 5.41) is 14.1. The van der Waals surface area contributed by atoms with Crippen molar-refractivity contribution >= 4 is 33.2 Å². The van der Waals surface area contributed by atoms with E-state index in [1.807, 2.05) is 30.3 Å². The third kappa shape index (κ3) is 4.91. The van der Waals surface area contributed by atoms with Crippen LogP contribution < -0.4 is 0 Å². The van der Waals surface area contributed by atoms with Gasteiger partial charge < -0.3 is 0 Å². The molecule has 0 unspecified atom stereocenters. The van der Waals surface area contributed by atoms with Crippen molar-refractivity contribution in [1.29, 1.82) is 0 Å². The Bertz CT molecular complexity index is 1270. The molecule has 31 heavy (non-hydrogen) atoms. The van der Waals surface area contributed by atoms with Crippen LogP contribution in [0.1, 0.15) is 11.3 Å². The molecule has 2 aromatic heterocycles. The van der Waals surface area contributed by atoms with E-state index in [2.05, 4.69) is 25.6 Å². The molecule has 1 N–H and O–H groups in total. The fraction of sp³-hybridized carbons (Fsp3) is 0.100. The second-order valence-corrected chi connectivity index (χ2v) is 9.37. The number of sulfonamides is 1. The third-order valence-electron chi connectivity index (χ3n) is 4.51. The van der Waals surface area contributed by atoms with Crippen molar-refractivity contribution in [3.63, 3.8) is 0 Å². The zero-order chi connectivity index (χ0) is 21.8. The van der Waals surface area contributed by atoms with Crippen LogP contribution in [0, 0.1) is 0 Å². The van der Waals surface area contributed by atoms with Crippen LogP contribution in [-0.2, 0) is 23.1 Å². The zero-order valence-corrected chi connectivity index (χ0v) is 18.3. The number of hydrogen-bond donors (Lipinski definition) is 1. The Morgan fingerprint density at radius 2 is 1.77 bits per heavy atom. The molecule has 0 spiro atoms. The summed E-state index contributed by atoms with van der Waals surface area (Å²) in [5.74, 6) is 0.525. The van der Waals surface area contributed by atoms with E-state index in [0.717, 1.165) is 11.1 Å². The first-order chi connectivity index (χ1) is 14.9. The molecule has 8 nitrogen and oxygen atoms in total. The summed E-state index contributed by atoms with van der Waals surface area (Å²) in [7, 11) is -3.93. The van der Waals surface area contributed by atoms with Gasteiger partial charge in [0.2, 0.25) is 10.0 Å². The summed E-state index contributed by atoms with van der Waals surface area (Å²) in [6, 6.07) is 16.9. The van der Waals surface area contributed by atoms with Crippen LogP contribution in [0.5, 0.6) is 0 Å². The molecule has 11 heteroatoms. The molecule has 2 heterocycles. The monoisotopic (exact) mass is 474 g/mol. The topological polar surface area (TPSA) is 105 Å². The smallest absolute Gasteiger partial charge is 0.245 e. The average Bonchev–Trinajstić information content (AvgIpc) is 3.29. The van der Waals surface area contributed by atoms with Crippen molar-refractivity contribution in [3.8, 4) is 11.4 Å². The number of pyridine rings is 1. The predicted molar refractivity (Wildman–Crippen MR) is 117 cm³/mol. The molecule has 0 atom stereocenters. The lowest BCUT2D eigenvalue weighted by Gasteiger charge is -2.23. The Balaban J connectivity index is 1.67. The van der Waals surface area contributed by atoms with Gasteiger partial charge in [-0.3, -0.25) is 4.98 Å². The number of H-pyrrole nitrogens is 1. The van der Waals surface area contributed by atoms with Crippen LogP contribution in [-0.4, -0.2) is 38.3 Å². The first kappa shape index (κ1) is 21.4. The Labute approximate surface area is 188 Å². The van der Waals surface area contributed by atoms with Crippen LogP contribution in [0.4, 0.5) is 0 Å². The molecule has 0 radical (unpaired) electrons. The molecular formula is C20H16Cl2N6O2S. The maximum Gasteiger partial charge on any atom is 0.245 e. The standard InChI is InChI=1S/C20H16Cl2N6O2S/c21-16-8-9-19(18(22)11-16)31(29,30)28(13-17-3-1-2-10-23-17)12-14-4-6-15(7-5-14)20-24-26-27-25-20/h1-11H,12-13H2,(H,24,25,26,27). The van der Waals surface area contributed by atoms with Gasteiger partial charge in [-0.05, 0) is 46.3 Å². The molecule has 0 bridgehead atoms. The highest BCUT2D eigenvalue weighted by Crippen LogP contribution is 2.29. The largest absolute Gasteiger partial charge is 0.260 e. The number of tetrazole rings is 1. The maximum atomic E-state index is 13.5. The first-order valence-corrected chi connectivity index (χ1v) is 11.3. The highest BCUT2D eigenvalue weighted by atomic mass is 35.5. The number of aromatic nitrogens is 5. The molecule has 158 valence electrons. The molecule has 4 rings (SSSR count). The Morgan fingerprint density at radius 3 is 2.42 bits per heavy atom. The summed E-state index contributed by atoms with van der Waals surface area (Å²) in [5.41, 5.74) is 2.18. The van der Waals surface area contributed by atoms with E-state index in [4.69, 9.17) is 23.2 Å². The van der Waals surface area contributed by atoms with Crippen LogP contribution in [0.2, 0.25) is 10.0 Å². The normalized spacial score (nSPS) is 11.7. The summed E-state index contributed by atoms with van der Waals surface area (Å²) in [6.07, 6.45) is 1.62. The van der Waals surface area contributed by atoms with Gasteiger partial charge in [0.25, 0.3) is 0 Å². The van der Waals surface area contributed by atoms with Gasteiger partial charge in [-0.2, -0.15) is 4.31 Å². The Morgan fingerprint density at radius 1 is 0.968 bits per heavy atom. The van der Waals surface area contributed by atoms with Crippen LogP contribution in [0.3, 0.4) is 0 Å². The Hall–Kier alpha value is -2.85. The van der Waals surface area contributed by atoms with E-state index >= 15 is 0 Å². The molecule has 0 saturated heterocycles. The lowest BCUT2D eigenvalue weighted by Crippen LogP contribution is -2.30. The number of nitrogens with zero attached hydrogens (tertiary/aromatic N) is 5. The molecule has 0 aliphatic rings. The van der Waals surface area contributed by atoms with Crippen molar-refractivity contribution in [1.82, 2.24) is 29.9 Å². The SMILES string of the molecule is O=S(=O)(c1ccc(Cl)cc1Cl)N(Cc1ccc(-c2nnn[nH]2)cc1)Cc1ccccn1. The molecule has 0 amide bonds. The summed E-state index contributed by atoms with van der Waals surface area (Å²) < 4.78 is 28.3. The van der Waals surface area contributed by atoms with E-state index in [9.17, 15) is 8.42 Å². The van der Waals surface area contributed by atoms with Crippen molar-refractivity contribution in [2.24, 2.45) is 0 Å². The van der Waals surface area contributed by atoms with Gasteiger partial charge in [0.05, 0.1) is 17.3 Å². The molecule has 2 aromatic carbocycles. The van der Waals surface area contributed by atoms with Crippen molar-refractivity contribution in [2.75, 3.05) is 0 Å². The fourth-order valence-electron chi connectivity index (χ4n) is 2.97. The molecule has 0 aliphatic carbocycles. The van der Waals surface area contributed by atoms with E-state index in [1.165, 1.54) is 22.5 Å². The highest BCUT2D eigenvalue weighted by molar-refractivity contribution is 7.89. The van der Waals surface area contributed by atoms with Gasteiger partial charge in [0.15, 0.2) is 5.82 Å². The van der Waals surface area contributed by atoms with E-state index < -0.39 is 10.0 Å². The second-order valence-electron chi connectivity index (χ2n) is 6.62. The van der Waals surface area contributed by atoms with E-state index in [1.54, 1.807) is 18.3 Å². The van der Waals surface area contributed by atoms with E-state index in [0.29, 0.717) is 16.5 Å². The third-order valence-corrected chi connectivity index (χ3v) is 7.02.